The van der Waals surface area contributed by atoms with Crippen molar-refractivity contribution in [1.29, 1.82) is 0 Å². The molecule has 21 heavy (non-hydrogen) atoms. The van der Waals surface area contributed by atoms with Crippen molar-refractivity contribution in [1.82, 2.24) is 4.90 Å². The van der Waals surface area contributed by atoms with Crippen molar-refractivity contribution >= 4 is 17.3 Å². The summed E-state index contributed by atoms with van der Waals surface area (Å²) in [5, 5.41) is 11.0. The van der Waals surface area contributed by atoms with E-state index in [9.17, 15) is 14.9 Å². The number of unbranched alkanes of at least 4 members (excludes halogenated alkanes) is 1. The van der Waals surface area contributed by atoms with E-state index in [0.29, 0.717) is 13.1 Å². The predicted molar refractivity (Wildman–Crippen MR) is 80.3 cm³/mol. The van der Waals surface area contributed by atoms with Gasteiger partial charge in [0.1, 0.15) is 5.69 Å². The number of nitro benzene ring substituents is 1. The van der Waals surface area contributed by atoms with E-state index in [4.69, 9.17) is 11.6 Å². The monoisotopic (exact) mass is 295 g/mol. The van der Waals surface area contributed by atoms with Gasteiger partial charge in [-0.25, -0.2) is 0 Å². The largest absolute Gasteiger partial charge is 0.369 e. The fraction of sp³-hybridized carbons (Fsp3) is 0.462. The third-order valence-electron chi connectivity index (χ3n) is 3.03. The van der Waals surface area contributed by atoms with Gasteiger partial charge in [0, 0.05) is 12.6 Å². The number of nitrogen functional groups attached to an aromatic ring is 1. The van der Waals surface area contributed by atoms with Crippen LogP contribution in [0.25, 0.3) is 0 Å². The first-order chi connectivity index (χ1) is 9.97. The van der Waals surface area contributed by atoms with Crippen molar-refractivity contribution in [3.63, 3.8) is 0 Å². The minimum atomic E-state index is -0.497. The summed E-state index contributed by atoms with van der Waals surface area (Å²) >= 11 is 0. The van der Waals surface area contributed by atoms with Gasteiger partial charge in [-0.3, -0.25) is 25.7 Å². The Morgan fingerprint density at radius 1 is 1.48 bits per heavy atom. The Kier molecular flexibility index (Phi) is 6.57. The van der Waals surface area contributed by atoms with Crippen LogP contribution >= 0.6 is 0 Å². The maximum Gasteiger partial charge on any atom is 0.293 e. The molecule has 0 aliphatic carbocycles. The highest BCUT2D eigenvalue weighted by molar-refractivity contribution is 5.75. The summed E-state index contributed by atoms with van der Waals surface area (Å²) in [7, 11) is 0. The van der Waals surface area contributed by atoms with E-state index in [-0.39, 0.29) is 17.9 Å². The van der Waals surface area contributed by atoms with E-state index in [1.54, 1.807) is 12.1 Å². The third-order valence-corrected chi connectivity index (χ3v) is 3.03. The van der Waals surface area contributed by atoms with E-state index in [1.165, 1.54) is 6.07 Å². The lowest BCUT2D eigenvalue weighted by Crippen LogP contribution is -2.34. The molecular formula is C13H21N5O3. The first-order valence-electron chi connectivity index (χ1n) is 6.72. The van der Waals surface area contributed by atoms with Crippen molar-refractivity contribution in [3.05, 3.63) is 33.9 Å². The number of carbonyl (C=O) groups is 1. The standard InChI is InChI=1S/C13H21N5O3/c1-2-3-6-17(9-13(14)19)8-10-4-5-11(16-15)12(7-10)18(20)21/h4-5,7,16H,2-3,6,8-9,15H2,1H3,(H2,14,19). The van der Waals surface area contributed by atoms with Crippen molar-refractivity contribution in [3.8, 4) is 0 Å². The Morgan fingerprint density at radius 2 is 2.19 bits per heavy atom. The molecule has 0 aliphatic rings. The van der Waals surface area contributed by atoms with Crippen LogP contribution in [0.3, 0.4) is 0 Å². The maximum atomic E-state index is 11.1. The summed E-state index contributed by atoms with van der Waals surface area (Å²) in [6.07, 6.45) is 1.92. The van der Waals surface area contributed by atoms with Gasteiger partial charge in [-0.1, -0.05) is 19.4 Å². The van der Waals surface area contributed by atoms with Crippen molar-refractivity contribution in [2.45, 2.75) is 26.3 Å². The highest BCUT2D eigenvalue weighted by Gasteiger charge is 2.16. The number of hydrogen-bond acceptors (Lipinski definition) is 6. The molecule has 0 fully saturated rings. The normalized spacial score (nSPS) is 10.6. The molecule has 0 spiro atoms. The first kappa shape index (κ1) is 16.9. The number of hydrazine groups is 1. The number of rotatable bonds is 9. The number of carbonyl (C=O) groups excluding carboxylic acids is 1. The second-order valence-electron chi connectivity index (χ2n) is 4.78. The first-order valence-corrected chi connectivity index (χ1v) is 6.72. The Balaban J connectivity index is 2.89. The number of primary amides is 1. The Labute approximate surface area is 123 Å². The van der Waals surface area contributed by atoms with Crippen molar-refractivity contribution in [2.24, 2.45) is 11.6 Å². The van der Waals surface area contributed by atoms with E-state index in [0.717, 1.165) is 18.4 Å². The molecule has 0 heterocycles. The molecule has 0 saturated heterocycles. The van der Waals surface area contributed by atoms with Crippen LogP contribution in [0.4, 0.5) is 11.4 Å². The lowest BCUT2D eigenvalue weighted by Gasteiger charge is -2.20. The average Bonchev–Trinajstić information content (AvgIpc) is 2.44. The second-order valence-corrected chi connectivity index (χ2v) is 4.78. The summed E-state index contributed by atoms with van der Waals surface area (Å²) in [6, 6.07) is 4.74. The van der Waals surface area contributed by atoms with Crippen LogP contribution in [0, 0.1) is 10.1 Å². The zero-order valence-electron chi connectivity index (χ0n) is 12.0. The molecule has 0 radical (unpaired) electrons. The summed E-state index contributed by atoms with van der Waals surface area (Å²) in [4.78, 5) is 23.5. The quantitative estimate of drug-likeness (QED) is 0.354. The molecule has 1 amide bonds. The molecule has 1 aromatic rings. The molecule has 0 saturated carbocycles. The fourth-order valence-corrected chi connectivity index (χ4v) is 2.02. The molecule has 5 N–H and O–H groups in total. The number of nitrogens with zero attached hydrogens (tertiary/aromatic N) is 2. The number of nitrogens with one attached hydrogen (secondary N) is 1. The van der Waals surface area contributed by atoms with Gasteiger partial charge in [-0.2, -0.15) is 0 Å². The summed E-state index contributed by atoms with van der Waals surface area (Å²) in [6.45, 7) is 3.32. The minimum absolute atomic E-state index is 0.0930. The van der Waals surface area contributed by atoms with Crippen LogP contribution in [0.15, 0.2) is 18.2 Å². The molecule has 8 nitrogen and oxygen atoms in total. The van der Waals surface area contributed by atoms with Crippen molar-refractivity contribution < 1.29 is 9.72 Å². The van der Waals surface area contributed by atoms with Crippen LogP contribution in [-0.2, 0) is 11.3 Å². The third kappa shape index (κ3) is 5.36. The van der Waals surface area contributed by atoms with Crippen LogP contribution in [-0.4, -0.2) is 28.8 Å². The van der Waals surface area contributed by atoms with Crippen LogP contribution < -0.4 is 17.0 Å². The number of amides is 1. The van der Waals surface area contributed by atoms with Gasteiger partial charge in [-0.15, -0.1) is 0 Å². The number of nitrogens with two attached hydrogens (primary N) is 2. The molecule has 0 bridgehead atoms. The molecule has 0 unspecified atom stereocenters. The lowest BCUT2D eigenvalue weighted by atomic mass is 10.1. The number of benzene rings is 1. The van der Waals surface area contributed by atoms with Gasteiger partial charge < -0.3 is 11.2 Å². The van der Waals surface area contributed by atoms with Crippen LogP contribution in [0.5, 0.6) is 0 Å². The minimum Gasteiger partial charge on any atom is -0.369 e. The molecule has 0 atom stereocenters. The van der Waals surface area contributed by atoms with Gasteiger partial charge in [0.25, 0.3) is 5.69 Å². The van der Waals surface area contributed by atoms with Crippen molar-refractivity contribution in [2.75, 3.05) is 18.5 Å². The number of anilines is 1. The number of nitro groups is 1. The van der Waals surface area contributed by atoms with Gasteiger partial charge in [0.05, 0.1) is 11.5 Å². The highest BCUT2D eigenvalue weighted by Crippen LogP contribution is 2.25. The Morgan fingerprint density at radius 3 is 2.71 bits per heavy atom. The summed E-state index contributed by atoms with van der Waals surface area (Å²) in [5.74, 6) is 4.83. The predicted octanol–water partition coefficient (Wildman–Crippen LogP) is 0.968. The Hall–Kier alpha value is -2.19. The van der Waals surface area contributed by atoms with E-state index < -0.39 is 10.8 Å². The SMILES string of the molecule is CCCCN(CC(N)=O)Cc1ccc(NN)c([N+](=O)[O-])c1. The van der Waals surface area contributed by atoms with Gasteiger partial charge in [0.2, 0.25) is 5.91 Å². The smallest absolute Gasteiger partial charge is 0.293 e. The molecule has 1 aromatic carbocycles. The maximum absolute atomic E-state index is 11.1. The zero-order valence-corrected chi connectivity index (χ0v) is 12.0. The lowest BCUT2D eigenvalue weighted by molar-refractivity contribution is -0.384. The molecule has 8 heteroatoms. The van der Waals surface area contributed by atoms with Gasteiger partial charge >= 0.3 is 0 Å². The summed E-state index contributed by atoms with van der Waals surface area (Å²) in [5.41, 5.74) is 8.41. The molecule has 1 rings (SSSR count). The summed E-state index contributed by atoms with van der Waals surface area (Å²) < 4.78 is 0. The van der Waals surface area contributed by atoms with E-state index >= 15 is 0 Å². The zero-order chi connectivity index (χ0) is 15.8. The highest BCUT2D eigenvalue weighted by atomic mass is 16.6. The van der Waals surface area contributed by atoms with E-state index in [1.807, 2.05) is 4.90 Å². The second kappa shape index (κ2) is 8.18. The van der Waals surface area contributed by atoms with Gasteiger partial charge in [0.15, 0.2) is 0 Å². The Bertz CT molecular complexity index is 507. The molecular weight excluding hydrogens is 274 g/mol. The topological polar surface area (TPSA) is 128 Å². The fourth-order valence-electron chi connectivity index (χ4n) is 2.02. The molecule has 0 aromatic heterocycles. The molecule has 0 aliphatic heterocycles. The van der Waals surface area contributed by atoms with Crippen LogP contribution in [0.1, 0.15) is 25.3 Å². The van der Waals surface area contributed by atoms with E-state index in [2.05, 4.69) is 12.3 Å². The van der Waals surface area contributed by atoms with Gasteiger partial charge in [-0.05, 0) is 24.6 Å². The number of hydrogen-bond donors (Lipinski definition) is 3. The molecule has 116 valence electrons. The van der Waals surface area contributed by atoms with Crippen LogP contribution in [0.2, 0.25) is 0 Å². The average molecular weight is 295 g/mol.